The summed E-state index contributed by atoms with van der Waals surface area (Å²) in [6, 6.07) is 9.39. The van der Waals surface area contributed by atoms with Crippen LogP contribution in [0.15, 0.2) is 40.8 Å². The molecule has 0 unspecified atom stereocenters. The van der Waals surface area contributed by atoms with E-state index in [1.54, 1.807) is 24.3 Å². The molecule has 5 nitrogen and oxygen atoms in total. The van der Waals surface area contributed by atoms with Crippen molar-refractivity contribution in [2.75, 3.05) is 0 Å². The zero-order valence-corrected chi connectivity index (χ0v) is 10.5. The second-order valence-electron chi connectivity index (χ2n) is 4.14. The van der Waals surface area contributed by atoms with E-state index in [2.05, 4.69) is 0 Å². The van der Waals surface area contributed by atoms with Crippen molar-refractivity contribution in [3.8, 4) is 0 Å². The molecule has 0 fully saturated rings. The van der Waals surface area contributed by atoms with E-state index in [-0.39, 0.29) is 17.9 Å². The highest BCUT2D eigenvalue weighted by atomic mass is 16.6. The van der Waals surface area contributed by atoms with Gasteiger partial charge in [0.2, 0.25) is 5.78 Å². The molecule has 0 aliphatic carbocycles. The van der Waals surface area contributed by atoms with E-state index < -0.39 is 4.92 Å². The topological polar surface area (TPSA) is 73.3 Å². The Hall–Kier alpha value is -2.43. The first-order valence-corrected chi connectivity index (χ1v) is 5.95. The van der Waals surface area contributed by atoms with Gasteiger partial charge in [-0.25, -0.2) is 0 Å². The molecule has 1 aromatic heterocycles. The number of ketones is 1. The summed E-state index contributed by atoms with van der Waals surface area (Å²) in [6.07, 6.45) is 0.916. The highest BCUT2D eigenvalue weighted by Gasteiger charge is 2.12. The number of benzene rings is 1. The maximum Gasteiger partial charge on any atom is 0.269 e. The van der Waals surface area contributed by atoms with Crippen LogP contribution in [0.3, 0.4) is 0 Å². The maximum absolute atomic E-state index is 11.9. The molecule has 0 radical (unpaired) electrons. The number of nitrogens with zero attached hydrogens (tertiary/aromatic N) is 1. The van der Waals surface area contributed by atoms with E-state index in [0.717, 1.165) is 17.7 Å². The molecule has 0 bridgehead atoms. The van der Waals surface area contributed by atoms with Crippen LogP contribution in [0, 0.1) is 10.1 Å². The molecule has 2 aromatic rings. The molecule has 0 atom stereocenters. The van der Waals surface area contributed by atoms with Gasteiger partial charge in [0.05, 0.1) is 4.92 Å². The van der Waals surface area contributed by atoms with Crippen molar-refractivity contribution >= 4 is 11.5 Å². The summed E-state index contributed by atoms with van der Waals surface area (Å²) in [6.45, 7) is 1.95. The van der Waals surface area contributed by atoms with Crippen molar-refractivity contribution in [1.82, 2.24) is 0 Å². The Bertz CT molecular complexity index is 598. The lowest BCUT2D eigenvalue weighted by molar-refractivity contribution is -0.384. The number of aryl methyl sites for hydroxylation is 1. The summed E-state index contributed by atoms with van der Waals surface area (Å²) in [5.41, 5.74) is 0.743. The van der Waals surface area contributed by atoms with Crippen molar-refractivity contribution in [1.29, 1.82) is 0 Å². The number of carbonyl (C=O) groups excluding carboxylic acids is 1. The van der Waals surface area contributed by atoms with Gasteiger partial charge < -0.3 is 4.42 Å². The van der Waals surface area contributed by atoms with Crippen LogP contribution >= 0.6 is 0 Å². The monoisotopic (exact) mass is 259 g/mol. The predicted octanol–water partition coefficient (Wildman–Crippen LogP) is 3.18. The second kappa shape index (κ2) is 5.48. The number of nitro benzene ring substituents is 1. The summed E-state index contributed by atoms with van der Waals surface area (Å²) in [7, 11) is 0. The molecule has 0 spiro atoms. The first kappa shape index (κ1) is 13.0. The van der Waals surface area contributed by atoms with Crippen LogP contribution in [0.2, 0.25) is 0 Å². The van der Waals surface area contributed by atoms with Crippen molar-refractivity contribution < 1.29 is 14.1 Å². The van der Waals surface area contributed by atoms with Gasteiger partial charge in [-0.05, 0) is 17.7 Å². The fourth-order valence-corrected chi connectivity index (χ4v) is 1.73. The molecule has 0 N–H and O–H groups in total. The van der Waals surface area contributed by atoms with Crippen LogP contribution in [-0.2, 0) is 12.8 Å². The first-order valence-electron chi connectivity index (χ1n) is 5.95. The fourth-order valence-electron chi connectivity index (χ4n) is 1.73. The quantitative estimate of drug-likeness (QED) is 0.469. The Morgan fingerprint density at radius 1 is 1.21 bits per heavy atom. The molecule has 19 heavy (non-hydrogen) atoms. The molecular weight excluding hydrogens is 246 g/mol. The molecule has 0 aliphatic rings. The fraction of sp³-hybridized carbons (Fsp3) is 0.214. The number of furan rings is 1. The van der Waals surface area contributed by atoms with Gasteiger partial charge in [-0.15, -0.1) is 0 Å². The van der Waals surface area contributed by atoms with Gasteiger partial charge in [0.25, 0.3) is 5.69 Å². The van der Waals surface area contributed by atoms with Gasteiger partial charge in [0.15, 0.2) is 5.76 Å². The van der Waals surface area contributed by atoms with E-state index in [9.17, 15) is 14.9 Å². The highest BCUT2D eigenvalue weighted by molar-refractivity contribution is 5.95. The summed E-state index contributed by atoms with van der Waals surface area (Å²) in [5.74, 6) is 0.968. The van der Waals surface area contributed by atoms with Crippen molar-refractivity contribution in [3.05, 3.63) is 63.6 Å². The van der Waals surface area contributed by atoms with Gasteiger partial charge in [-0.1, -0.05) is 19.1 Å². The lowest BCUT2D eigenvalue weighted by Crippen LogP contribution is -2.02. The van der Waals surface area contributed by atoms with Crippen LogP contribution in [-0.4, -0.2) is 10.7 Å². The van der Waals surface area contributed by atoms with Crippen LogP contribution < -0.4 is 0 Å². The minimum absolute atomic E-state index is 0.0162. The van der Waals surface area contributed by atoms with E-state index in [1.807, 2.05) is 6.92 Å². The lowest BCUT2D eigenvalue weighted by Gasteiger charge is -1.99. The number of carbonyl (C=O) groups is 1. The van der Waals surface area contributed by atoms with E-state index in [4.69, 9.17) is 4.42 Å². The Balaban J connectivity index is 2.08. The number of nitro groups is 1. The summed E-state index contributed by atoms with van der Waals surface area (Å²) in [4.78, 5) is 22.0. The third-order valence-electron chi connectivity index (χ3n) is 2.80. The molecule has 0 saturated carbocycles. The Kier molecular flexibility index (Phi) is 3.75. The van der Waals surface area contributed by atoms with Crippen molar-refractivity contribution in [2.24, 2.45) is 0 Å². The average molecular weight is 259 g/mol. The smallest absolute Gasteiger partial charge is 0.269 e. The Labute approximate surface area is 110 Å². The Morgan fingerprint density at radius 2 is 1.89 bits per heavy atom. The second-order valence-corrected chi connectivity index (χ2v) is 4.14. The molecule has 1 heterocycles. The van der Waals surface area contributed by atoms with E-state index in [0.29, 0.717) is 5.76 Å². The number of hydrogen-bond acceptors (Lipinski definition) is 4. The van der Waals surface area contributed by atoms with Crippen LogP contribution in [0.1, 0.15) is 28.8 Å². The van der Waals surface area contributed by atoms with Crippen LogP contribution in [0.25, 0.3) is 0 Å². The molecule has 0 aliphatic heterocycles. The van der Waals surface area contributed by atoms with Gasteiger partial charge >= 0.3 is 0 Å². The number of non-ortho nitro benzene ring substituents is 1. The number of rotatable bonds is 5. The number of hydrogen-bond donors (Lipinski definition) is 0. The summed E-state index contributed by atoms with van der Waals surface area (Å²) < 4.78 is 5.37. The van der Waals surface area contributed by atoms with E-state index in [1.165, 1.54) is 12.1 Å². The molecule has 0 amide bonds. The summed E-state index contributed by atoms with van der Waals surface area (Å²) >= 11 is 0. The largest absolute Gasteiger partial charge is 0.458 e. The average Bonchev–Trinajstić information content (AvgIpc) is 2.88. The van der Waals surface area contributed by atoms with Gasteiger partial charge in [-0.3, -0.25) is 14.9 Å². The maximum atomic E-state index is 11.9. The Morgan fingerprint density at radius 3 is 2.42 bits per heavy atom. The zero-order valence-electron chi connectivity index (χ0n) is 10.5. The standard InChI is InChI=1S/C14H13NO4/c1-2-12-7-8-14(19-12)13(16)9-10-3-5-11(6-4-10)15(17)18/h3-8H,2,9H2,1H3. The lowest BCUT2D eigenvalue weighted by atomic mass is 10.1. The first-order chi connectivity index (χ1) is 9.10. The SMILES string of the molecule is CCc1ccc(C(=O)Cc2ccc([N+](=O)[O-])cc2)o1. The van der Waals surface area contributed by atoms with E-state index >= 15 is 0 Å². The minimum Gasteiger partial charge on any atom is -0.458 e. The molecule has 2 rings (SSSR count). The van der Waals surface area contributed by atoms with Gasteiger partial charge in [0.1, 0.15) is 5.76 Å². The normalized spacial score (nSPS) is 10.4. The van der Waals surface area contributed by atoms with Crippen molar-refractivity contribution in [3.63, 3.8) is 0 Å². The van der Waals surface area contributed by atoms with Crippen LogP contribution in [0.5, 0.6) is 0 Å². The number of Topliss-reactive ketones (excluding diaryl/α,β-unsaturated/α-hetero) is 1. The summed E-state index contributed by atoms with van der Waals surface area (Å²) in [5, 5.41) is 10.5. The highest BCUT2D eigenvalue weighted by Crippen LogP contribution is 2.15. The van der Waals surface area contributed by atoms with Crippen molar-refractivity contribution in [2.45, 2.75) is 19.8 Å². The molecule has 98 valence electrons. The third kappa shape index (κ3) is 3.07. The predicted molar refractivity (Wildman–Crippen MR) is 69.2 cm³/mol. The third-order valence-corrected chi connectivity index (χ3v) is 2.80. The van der Waals surface area contributed by atoms with Crippen LogP contribution in [0.4, 0.5) is 5.69 Å². The van der Waals surface area contributed by atoms with Gasteiger partial charge in [-0.2, -0.15) is 0 Å². The minimum atomic E-state index is -0.467. The molecule has 5 heteroatoms. The molecule has 1 aromatic carbocycles. The molecular formula is C14H13NO4. The molecule has 0 saturated heterocycles. The van der Waals surface area contributed by atoms with Gasteiger partial charge in [0, 0.05) is 25.0 Å². The zero-order chi connectivity index (χ0) is 13.8.